The van der Waals surface area contributed by atoms with E-state index in [2.05, 4.69) is 35.1 Å². The average Bonchev–Trinajstić information content (AvgIpc) is 2.42. The van der Waals surface area contributed by atoms with E-state index in [1.165, 1.54) is 16.5 Å². The van der Waals surface area contributed by atoms with Crippen LogP contribution in [0, 0.1) is 6.92 Å². The van der Waals surface area contributed by atoms with Gasteiger partial charge in [-0.2, -0.15) is 0 Å². The number of aryl methyl sites for hydroxylation is 1. The first-order chi connectivity index (χ1) is 9.24. The lowest BCUT2D eigenvalue weighted by atomic mass is 9.98. The van der Waals surface area contributed by atoms with Gasteiger partial charge in [-0.3, -0.25) is 4.98 Å². The number of benzene rings is 1. The van der Waals surface area contributed by atoms with E-state index in [4.69, 9.17) is 11.6 Å². The first kappa shape index (κ1) is 12.1. The molecule has 2 heterocycles. The number of nitrogens with zero attached hydrogens (tertiary/aromatic N) is 2. The van der Waals surface area contributed by atoms with E-state index < -0.39 is 0 Å². The Hall–Kier alpha value is -1.93. The van der Waals surface area contributed by atoms with Crippen LogP contribution in [0.5, 0.6) is 0 Å². The molecule has 0 aliphatic heterocycles. The number of aromatic nitrogens is 2. The molecule has 0 atom stereocenters. The number of halogens is 1. The molecule has 0 aliphatic carbocycles. The van der Waals surface area contributed by atoms with Gasteiger partial charge in [-0.25, -0.2) is 4.98 Å². The molecular formula is C16H13ClN2. The Morgan fingerprint density at radius 1 is 1.05 bits per heavy atom. The maximum Gasteiger partial charge on any atom is 0.129 e. The molecule has 2 nitrogen and oxygen atoms in total. The number of fused-ring (bicyclic) bond motifs is 1. The first-order valence-corrected chi connectivity index (χ1v) is 6.55. The minimum atomic E-state index is 0.531. The summed E-state index contributed by atoms with van der Waals surface area (Å²) in [5.74, 6) is 0. The second-order valence-electron chi connectivity index (χ2n) is 4.60. The standard InChI is InChI=1S/C16H13ClN2/c1-11-4-5-13-3-2-7-19-16(13)14(11)9-12-6-8-18-15(17)10-12/h2-8,10H,9H2,1H3. The van der Waals surface area contributed by atoms with Gasteiger partial charge in [0.15, 0.2) is 0 Å². The second-order valence-corrected chi connectivity index (χ2v) is 4.99. The largest absolute Gasteiger partial charge is 0.256 e. The average molecular weight is 269 g/mol. The Kier molecular flexibility index (Phi) is 3.18. The van der Waals surface area contributed by atoms with Crippen molar-refractivity contribution < 1.29 is 0 Å². The normalized spacial score (nSPS) is 10.8. The Labute approximate surface area is 117 Å². The smallest absolute Gasteiger partial charge is 0.129 e. The molecule has 2 aromatic heterocycles. The molecular weight excluding hydrogens is 256 g/mol. The SMILES string of the molecule is Cc1ccc2cccnc2c1Cc1ccnc(Cl)c1. The fraction of sp³-hybridized carbons (Fsp3) is 0.125. The number of rotatable bonds is 2. The van der Waals surface area contributed by atoms with Crippen molar-refractivity contribution in [3.05, 3.63) is 70.6 Å². The van der Waals surface area contributed by atoms with Crippen LogP contribution in [0.25, 0.3) is 10.9 Å². The Morgan fingerprint density at radius 2 is 1.95 bits per heavy atom. The molecule has 0 aliphatic rings. The highest BCUT2D eigenvalue weighted by molar-refractivity contribution is 6.29. The molecule has 0 spiro atoms. The highest BCUT2D eigenvalue weighted by atomic mass is 35.5. The quantitative estimate of drug-likeness (QED) is 0.652. The maximum atomic E-state index is 5.94. The summed E-state index contributed by atoms with van der Waals surface area (Å²) >= 11 is 5.94. The predicted molar refractivity (Wildman–Crippen MR) is 78.5 cm³/mol. The molecule has 0 unspecified atom stereocenters. The minimum Gasteiger partial charge on any atom is -0.256 e. The van der Waals surface area contributed by atoms with Gasteiger partial charge >= 0.3 is 0 Å². The molecule has 0 saturated carbocycles. The van der Waals surface area contributed by atoms with Crippen LogP contribution in [-0.4, -0.2) is 9.97 Å². The summed E-state index contributed by atoms with van der Waals surface area (Å²) in [6, 6.07) is 12.2. The van der Waals surface area contributed by atoms with E-state index in [-0.39, 0.29) is 0 Å². The molecule has 0 fully saturated rings. The Bertz CT molecular complexity index is 738. The van der Waals surface area contributed by atoms with Crippen LogP contribution >= 0.6 is 11.6 Å². The van der Waals surface area contributed by atoms with Gasteiger partial charge in [0.1, 0.15) is 5.15 Å². The van der Waals surface area contributed by atoms with Gasteiger partial charge in [0.2, 0.25) is 0 Å². The number of hydrogen-bond acceptors (Lipinski definition) is 2. The van der Waals surface area contributed by atoms with E-state index in [0.29, 0.717) is 5.15 Å². The lowest BCUT2D eigenvalue weighted by Gasteiger charge is -2.09. The summed E-state index contributed by atoms with van der Waals surface area (Å²) in [4.78, 5) is 8.53. The van der Waals surface area contributed by atoms with Crippen LogP contribution < -0.4 is 0 Å². The Morgan fingerprint density at radius 3 is 2.79 bits per heavy atom. The molecule has 19 heavy (non-hydrogen) atoms. The van der Waals surface area contributed by atoms with Crippen molar-refractivity contribution >= 4 is 22.5 Å². The topological polar surface area (TPSA) is 25.8 Å². The van der Waals surface area contributed by atoms with Gasteiger partial charge in [0, 0.05) is 24.2 Å². The zero-order chi connectivity index (χ0) is 13.2. The van der Waals surface area contributed by atoms with E-state index in [1.54, 1.807) is 6.20 Å². The maximum absolute atomic E-state index is 5.94. The molecule has 0 bridgehead atoms. The minimum absolute atomic E-state index is 0.531. The second kappa shape index (κ2) is 4.98. The van der Waals surface area contributed by atoms with Crippen LogP contribution in [0.15, 0.2) is 48.8 Å². The zero-order valence-electron chi connectivity index (χ0n) is 10.6. The third kappa shape index (κ3) is 2.45. The van der Waals surface area contributed by atoms with Crippen molar-refractivity contribution in [1.82, 2.24) is 9.97 Å². The molecule has 3 rings (SSSR count). The zero-order valence-corrected chi connectivity index (χ0v) is 11.4. The summed E-state index contributed by atoms with van der Waals surface area (Å²) in [5.41, 5.74) is 4.72. The fourth-order valence-corrected chi connectivity index (χ4v) is 2.48. The van der Waals surface area contributed by atoms with E-state index in [0.717, 1.165) is 17.5 Å². The van der Waals surface area contributed by atoms with Crippen LogP contribution in [0.2, 0.25) is 5.15 Å². The van der Waals surface area contributed by atoms with Crippen molar-refractivity contribution in [2.24, 2.45) is 0 Å². The summed E-state index contributed by atoms with van der Waals surface area (Å²) in [5, 5.41) is 1.70. The van der Waals surface area contributed by atoms with Crippen molar-refractivity contribution in [3.63, 3.8) is 0 Å². The molecule has 1 aromatic carbocycles. The van der Waals surface area contributed by atoms with Gasteiger partial charge in [0.05, 0.1) is 5.52 Å². The van der Waals surface area contributed by atoms with Crippen LogP contribution in [0.3, 0.4) is 0 Å². The number of hydrogen-bond donors (Lipinski definition) is 0. The predicted octanol–water partition coefficient (Wildman–Crippen LogP) is 4.18. The first-order valence-electron chi connectivity index (χ1n) is 6.18. The summed E-state index contributed by atoms with van der Waals surface area (Å²) in [6.45, 7) is 2.12. The van der Waals surface area contributed by atoms with Gasteiger partial charge in [0.25, 0.3) is 0 Å². The fourth-order valence-electron chi connectivity index (χ4n) is 2.29. The van der Waals surface area contributed by atoms with E-state index >= 15 is 0 Å². The monoisotopic (exact) mass is 268 g/mol. The van der Waals surface area contributed by atoms with Crippen LogP contribution in [0.4, 0.5) is 0 Å². The molecule has 0 N–H and O–H groups in total. The molecule has 0 amide bonds. The highest BCUT2D eigenvalue weighted by Gasteiger charge is 2.07. The van der Waals surface area contributed by atoms with Gasteiger partial charge in [-0.15, -0.1) is 0 Å². The van der Waals surface area contributed by atoms with Gasteiger partial charge < -0.3 is 0 Å². The molecule has 94 valence electrons. The van der Waals surface area contributed by atoms with Crippen LogP contribution in [0.1, 0.15) is 16.7 Å². The van der Waals surface area contributed by atoms with Gasteiger partial charge in [-0.05, 0) is 41.8 Å². The van der Waals surface area contributed by atoms with Crippen molar-refractivity contribution in [1.29, 1.82) is 0 Å². The summed E-state index contributed by atoms with van der Waals surface area (Å²) < 4.78 is 0. The summed E-state index contributed by atoms with van der Waals surface area (Å²) in [7, 11) is 0. The van der Waals surface area contributed by atoms with Crippen molar-refractivity contribution in [3.8, 4) is 0 Å². The lowest BCUT2D eigenvalue weighted by Crippen LogP contribution is -1.95. The van der Waals surface area contributed by atoms with E-state index in [1.807, 2.05) is 24.4 Å². The summed E-state index contributed by atoms with van der Waals surface area (Å²) in [6.07, 6.45) is 4.40. The Balaban J connectivity index is 2.12. The van der Waals surface area contributed by atoms with Gasteiger partial charge in [-0.1, -0.05) is 29.8 Å². The van der Waals surface area contributed by atoms with Crippen molar-refractivity contribution in [2.75, 3.05) is 0 Å². The lowest BCUT2D eigenvalue weighted by molar-refractivity contribution is 1.14. The van der Waals surface area contributed by atoms with Crippen LogP contribution in [-0.2, 0) is 6.42 Å². The molecule has 3 aromatic rings. The van der Waals surface area contributed by atoms with E-state index in [9.17, 15) is 0 Å². The molecule has 0 radical (unpaired) electrons. The third-order valence-electron chi connectivity index (χ3n) is 3.29. The highest BCUT2D eigenvalue weighted by Crippen LogP contribution is 2.23. The molecule has 0 saturated heterocycles. The molecule has 3 heteroatoms. The van der Waals surface area contributed by atoms with Crippen molar-refractivity contribution in [2.45, 2.75) is 13.3 Å². The third-order valence-corrected chi connectivity index (χ3v) is 3.49. The number of pyridine rings is 2.